The second-order valence-corrected chi connectivity index (χ2v) is 7.41. The van der Waals surface area contributed by atoms with Gasteiger partial charge in [-0.05, 0) is 31.5 Å². The van der Waals surface area contributed by atoms with Gasteiger partial charge in [-0.1, -0.05) is 17.3 Å². The zero-order valence-electron chi connectivity index (χ0n) is 16.9. The van der Waals surface area contributed by atoms with Crippen molar-refractivity contribution < 1.29 is 18.6 Å². The van der Waals surface area contributed by atoms with Crippen LogP contribution in [-0.4, -0.2) is 55.5 Å². The molecule has 1 aliphatic rings. The van der Waals surface area contributed by atoms with Crippen molar-refractivity contribution in [2.24, 2.45) is 5.73 Å². The van der Waals surface area contributed by atoms with E-state index >= 15 is 0 Å². The Kier molecular flexibility index (Phi) is 6.05. The molecule has 4 rings (SSSR count). The van der Waals surface area contributed by atoms with Crippen molar-refractivity contribution in [2.75, 3.05) is 18.0 Å². The Morgan fingerprint density at radius 3 is 2.58 bits per heavy atom. The lowest BCUT2D eigenvalue weighted by molar-refractivity contribution is 0.124. The fourth-order valence-electron chi connectivity index (χ4n) is 3.39. The highest BCUT2D eigenvalue weighted by Crippen LogP contribution is 2.22. The smallest absolute Gasteiger partial charge is 0.263 e. The van der Waals surface area contributed by atoms with Crippen molar-refractivity contribution in [3.05, 3.63) is 53.3 Å². The van der Waals surface area contributed by atoms with E-state index in [1.165, 1.54) is 12.1 Å². The number of hydrogen-bond donors (Lipinski definition) is 2. The quantitative estimate of drug-likeness (QED) is 0.607. The van der Waals surface area contributed by atoms with E-state index in [1.54, 1.807) is 35.9 Å². The van der Waals surface area contributed by atoms with Crippen LogP contribution in [0, 0.1) is 6.92 Å². The van der Waals surface area contributed by atoms with Gasteiger partial charge in [-0.2, -0.15) is 0 Å². The van der Waals surface area contributed by atoms with Gasteiger partial charge in [-0.25, -0.2) is 13.5 Å². The monoisotopic (exact) mass is 431 g/mol. The molecule has 3 heterocycles. The minimum atomic E-state index is -2.53. The van der Waals surface area contributed by atoms with Gasteiger partial charge < -0.3 is 20.5 Å². The van der Waals surface area contributed by atoms with E-state index in [4.69, 9.17) is 10.5 Å². The van der Waals surface area contributed by atoms with Gasteiger partial charge in [-0.15, -0.1) is 15.3 Å². The Hall–Kier alpha value is -3.18. The minimum absolute atomic E-state index is 0.0575. The zero-order chi connectivity index (χ0) is 22.0. The second-order valence-electron chi connectivity index (χ2n) is 7.41. The first-order chi connectivity index (χ1) is 14.9. The first-order valence-electron chi connectivity index (χ1n) is 9.87. The van der Waals surface area contributed by atoms with Gasteiger partial charge in [0.15, 0.2) is 5.82 Å². The fraction of sp³-hybridized carbons (Fsp3) is 0.400. The summed E-state index contributed by atoms with van der Waals surface area (Å²) in [6, 6.07) is 9.02. The number of aliphatic hydroxyl groups is 1. The lowest BCUT2D eigenvalue weighted by atomic mass is 10.0. The van der Waals surface area contributed by atoms with Crippen molar-refractivity contribution in [3.8, 4) is 11.6 Å². The maximum absolute atomic E-state index is 12.8. The van der Waals surface area contributed by atoms with E-state index in [1.807, 2.05) is 4.90 Å². The third-order valence-corrected chi connectivity index (χ3v) is 5.27. The molecule has 2 unspecified atom stereocenters. The molecule has 11 heteroatoms. The van der Waals surface area contributed by atoms with Crippen LogP contribution >= 0.6 is 0 Å². The van der Waals surface area contributed by atoms with Gasteiger partial charge in [0.25, 0.3) is 6.43 Å². The van der Waals surface area contributed by atoms with Gasteiger partial charge in [0.05, 0.1) is 17.5 Å². The maximum atomic E-state index is 12.8. The third-order valence-electron chi connectivity index (χ3n) is 5.27. The van der Waals surface area contributed by atoms with Crippen LogP contribution in [0.5, 0.6) is 5.88 Å². The third kappa shape index (κ3) is 4.62. The van der Waals surface area contributed by atoms with E-state index in [9.17, 15) is 13.9 Å². The van der Waals surface area contributed by atoms with Crippen molar-refractivity contribution in [2.45, 2.75) is 38.5 Å². The molecule has 0 bridgehead atoms. The van der Waals surface area contributed by atoms with Crippen LogP contribution in [0.4, 0.5) is 14.6 Å². The number of benzene rings is 1. The number of nitrogens with two attached hydrogens (primary N) is 1. The second kappa shape index (κ2) is 8.90. The number of aliphatic hydroxyl groups excluding tert-OH is 1. The first kappa shape index (κ1) is 21.1. The Morgan fingerprint density at radius 2 is 1.94 bits per heavy atom. The molecule has 0 saturated carbocycles. The van der Waals surface area contributed by atoms with Gasteiger partial charge in [0.2, 0.25) is 5.88 Å². The molecule has 1 saturated heterocycles. The summed E-state index contributed by atoms with van der Waals surface area (Å²) in [5.74, 6) is 0.988. The van der Waals surface area contributed by atoms with Crippen molar-refractivity contribution in [1.82, 2.24) is 25.2 Å². The number of piperidine rings is 1. The summed E-state index contributed by atoms with van der Waals surface area (Å²) < 4.78 is 32.9. The highest BCUT2D eigenvalue weighted by atomic mass is 19.3. The van der Waals surface area contributed by atoms with E-state index in [0.717, 1.165) is 0 Å². The Labute approximate surface area is 177 Å². The summed E-state index contributed by atoms with van der Waals surface area (Å²) in [5.41, 5.74) is 7.80. The molecule has 2 atom stereocenters. The Balaban J connectivity index is 1.43. The molecule has 0 aliphatic carbocycles. The number of anilines is 1. The topological polar surface area (TPSA) is 115 Å². The maximum Gasteiger partial charge on any atom is 0.263 e. The molecule has 1 aromatic carbocycles. The predicted molar refractivity (Wildman–Crippen MR) is 108 cm³/mol. The van der Waals surface area contributed by atoms with Gasteiger partial charge in [0, 0.05) is 30.8 Å². The summed E-state index contributed by atoms with van der Waals surface area (Å²) in [4.78, 5) is 1.97. The molecule has 1 fully saturated rings. The summed E-state index contributed by atoms with van der Waals surface area (Å²) in [6.07, 6.45) is -2.45. The first-order valence-corrected chi connectivity index (χ1v) is 9.87. The number of rotatable bonds is 6. The van der Waals surface area contributed by atoms with E-state index in [0.29, 0.717) is 48.3 Å². The molecule has 0 spiro atoms. The standard InChI is InChI=1S/C20H23F2N7O2/c1-12-16(29(27-24-12)14-4-2-13(3-5-14)20(21)22)11-31-19-7-6-18(25-26-19)28-9-8-17(30)15(23)10-28/h2-7,15,17,20,30H,8-11,23H2,1H3. The molecule has 3 N–H and O–H groups in total. The summed E-state index contributed by atoms with van der Waals surface area (Å²) in [6.45, 7) is 3.07. The largest absolute Gasteiger partial charge is 0.470 e. The lowest BCUT2D eigenvalue weighted by Gasteiger charge is -2.34. The van der Waals surface area contributed by atoms with E-state index in [-0.39, 0.29) is 18.2 Å². The van der Waals surface area contributed by atoms with Crippen molar-refractivity contribution >= 4 is 5.82 Å². The highest BCUT2D eigenvalue weighted by molar-refractivity contribution is 5.39. The number of aryl methyl sites for hydroxylation is 1. The fourth-order valence-corrected chi connectivity index (χ4v) is 3.39. The van der Waals surface area contributed by atoms with E-state index < -0.39 is 12.5 Å². The molecule has 31 heavy (non-hydrogen) atoms. The normalized spacial score (nSPS) is 19.1. The summed E-state index contributed by atoms with van der Waals surface area (Å²) in [7, 11) is 0. The SMILES string of the molecule is Cc1nnn(-c2ccc(C(F)F)cc2)c1COc1ccc(N2CCC(O)C(N)C2)nn1. The van der Waals surface area contributed by atoms with Crippen LogP contribution in [-0.2, 0) is 6.61 Å². The molecule has 164 valence electrons. The van der Waals surface area contributed by atoms with Crippen molar-refractivity contribution in [1.29, 1.82) is 0 Å². The minimum Gasteiger partial charge on any atom is -0.470 e. The average molecular weight is 431 g/mol. The van der Waals surface area contributed by atoms with Crippen molar-refractivity contribution in [3.63, 3.8) is 0 Å². The van der Waals surface area contributed by atoms with Crippen LogP contribution < -0.4 is 15.4 Å². The number of halogens is 2. The number of hydrogen-bond acceptors (Lipinski definition) is 8. The van der Waals surface area contributed by atoms with Gasteiger partial charge in [0.1, 0.15) is 12.3 Å². The van der Waals surface area contributed by atoms with Crippen LogP contribution in [0.1, 0.15) is 29.8 Å². The van der Waals surface area contributed by atoms with Crippen LogP contribution in [0.15, 0.2) is 36.4 Å². The highest BCUT2D eigenvalue weighted by Gasteiger charge is 2.25. The molecule has 0 amide bonds. The molecule has 9 nitrogen and oxygen atoms in total. The van der Waals surface area contributed by atoms with Gasteiger partial charge in [-0.3, -0.25) is 0 Å². The Bertz CT molecular complexity index is 1010. The molecular weight excluding hydrogens is 408 g/mol. The van der Waals surface area contributed by atoms with Gasteiger partial charge >= 0.3 is 0 Å². The zero-order valence-corrected chi connectivity index (χ0v) is 16.9. The lowest BCUT2D eigenvalue weighted by Crippen LogP contribution is -2.51. The number of ether oxygens (including phenoxy) is 1. The Morgan fingerprint density at radius 1 is 1.16 bits per heavy atom. The van der Waals surface area contributed by atoms with E-state index in [2.05, 4.69) is 20.5 Å². The number of aromatic nitrogens is 5. The molecule has 1 aliphatic heterocycles. The van der Waals surface area contributed by atoms with Crippen LogP contribution in [0.3, 0.4) is 0 Å². The average Bonchev–Trinajstić information content (AvgIpc) is 3.15. The summed E-state index contributed by atoms with van der Waals surface area (Å²) in [5, 5.41) is 26.2. The molecule has 2 aromatic heterocycles. The predicted octanol–water partition coefficient (Wildman–Crippen LogP) is 1.78. The van der Waals surface area contributed by atoms with Crippen LogP contribution in [0.2, 0.25) is 0 Å². The van der Waals surface area contributed by atoms with Crippen LogP contribution in [0.25, 0.3) is 5.69 Å². The number of nitrogens with zero attached hydrogens (tertiary/aromatic N) is 6. The summed E-state index contributed by atoms with van der Waals surface area (Å²) >= 11 is 0. The molecule has 3 aromatic rings. The molecular formula is C20H23F2N7O2. The number of alkyl halides is 2. The molecule has 0 radical (unpaired) electrons.